The van der Waals surface area contributed by atoms with Crippen LogP contribution in [0, 0.1) is 0 Å². The Bertz CT molecular complexity index is 539. The van der Waals surface area contributed by atoms with Crippen LogP contribution in [0.15, 0.2) is 24.3 Å². The van der Waals surface area contributed by atoms with Crippen LogP contribution in [0.4, 0.5) is 10.5 Å². The van der Waals surface area contributed by atoms with E-state index in [0.29, 0.717) is 23.8 Å². The number of nitrogens with one attached hydrogen (secondary N) is 3. The number of nitrogens with zero attached hydrogens (tertiary/aromatic N) is 1. The molecule has 0 saturated heterocycles. The van der Waals surface area contributed by atoms with E-state index in [0.717, 1.165) is 32.5 Å². The zero-order valence-electron chi connectivity index (χ0n) is 13.9. The van der Waals surface area contributed by atoms with Gasteiger partial charge in [-0.05, 0) is 44.1 Å². The Balaban J connectivity index is 1.79. The topological polar surface area (TPSA) is 73.5 Å². The fourth-order valence-electron chi connectivity index (χ4n) is 2.28. The standard InChI is InChI=1S/C17H26N4O2/c1-3-21(4-2)11-10-18-17(23)20-15-7-5-6-13(12-15)16(22)19-14-8-9-14/h5-7,12,14H,3-4,8-11H2,1-2H3,(H,19,22)(H2,18,20,23). The summed E-state index contributed by atoms with van der Waals surface area (Å²) in [7, 11) is 0. The molecule has 0 unspecified atom stereocenters. The van der Waals surface area contributed by atoms with E-state index in [1.807, 2.05) is 0 Å². The Morgan fingerprint density at radius 2 is 1.96 bits per heavy atom. The van der Waals surface area contributed by atoms with E-state index >= 15 is 0 Å². The smallest absolute Gasteiger partial charge is 0.319 e. The highest BCUT2D eigenvalue weighted by Crippen LogP contribution is 2.20. The Labute approximate surface area is 137 Å². The van der Waals surface area contributed by atoms with Crippen molar-refractivity contribution in [2.75, 3.05) is 31.5 Å². The van der Waals surface area contributed by atoms with Crippen molar-refractivity contribution in [1.29, 1.82) is 0 Å². The molecule has 1 saturated carbocycles. The number of rotatable bonds is 8. The molecule has 126 valence electrons. The molecule has 0 heterocycles. The number of carbonyl (C=O) groups excluding carboxylic acids is 2. The molecule has 1 aliphatic rings. The van der Waals surface area contributed by atoms with Crippen LogP contribution >= 0.6 is 0 Å². The van der Waals surface area contributed by atoms with Gasteiger partial charge in [0, 0.05) is 30.4 Å². The first-order valence-corrected chi connectivity index (χ1v) is 8.30. The Hall–Kier alpha value is -2.08. The Morgan fingerprint density at radius 3 is 2.61 bits per heavy atom. The summed E-state index contributed by atoms with van der Waals surface area (Å²) in [6.07, 6.45) is 2.11. The van der Waals surface area contributed by atoms with E-state index in [1.165, 1.54) is 0 Å². The quantitative estimate of drug-likeness (QED) is 0.687. The molecular formula is C17H26N4O2. The molecule has 6 heteroatoms. The number of urea groups is 1. The van der Waals surface area contributed by atoms with Crippen LogP contribution in [-0.4, -0.2) is 49.1 Å². The zero-order valence-corrected chi connectivity index (χ0v) is 13.9. The molecule has 1 aliphatic carbocycles. The molecule has 0 radical (unpaired) electrons. The van der Waals surface area contributed by atoms with Crippen molar-refractivity contribution in [3.05, 3.63) is 29.8 Å². The van der Waals surface area contributed by atoms with Crippen LogP contribution in [0.25, 0.3) is 0 Å². The average Bonchev–Trinajstić information content (AvgIpc) is 3.36. The predicted molar refractivity (Wildman–Crippen MR) is 91.7 cm³/mol. The molecule has 3 amide bonds. The van der Waals surface area contributed by atoms with E-state index < -0.39 is 0 Å². The Kier molecular flexibility index (Phi) is 6.40. The minimum atomic E-state index is -0.253. The molecule has 1 aromatic rings. The van der Waals surface area contributed by atoms with Gasteiger partial charge in [0.1, 0.15) is 0 Å². The van der Waals surface area contributed by atoms with Gasteiger partial charge in [0.25, 0.3) is 5.91 Å². The molecule has 23 heavy (non-hydrogen) atoms. The van der Waals surface area contributed by atoms with Crippen LogP contribution in [0.3, 0.4) is 0 Å². The van der Waals surface area contributed by atoms with Crippen molar-refractivity contribution in [1.82, 2.24) is 15.5 Å². The lowest BCUT2D eigenvalue weighted by molar-refractivity contribution is 0.0951. The van der Waals surface area contributed by atoms with Crippen LogP contribution in [-0.2, 0) is 0 Å². The second-order valence-corrected chi connectivity index (χ2v) is 5.74. The van der Waals surface area contributed by atoms with Crippen molar-refractivity contribution in [2.24, 2.45) is 0 Å². The highest BCUT2D eigenvalue weighted by Gasteiger charge is 2.23. The molecule has 0 bridgehead atoms. The van der Waals surface area contributed by atoms with Gasteiger partial charge in [-0.15, -0.1) is 0 Å². The van der Waals surface area contributed by atoms with E-state index in [4.69, 9.17) is 0 Å². The van der Waals surface area contributed by atoms with Crippen LogP contribution < -0.4 is 16.0 Å². The highest BCUT2D eigenvalue weighted by atomic mass is 16.2. The predicted octanol–water partition coefficient (Wildman–Crippen LogP) is 2.04. The summed E-state index contributed by atoms with van der Waals surface area (Å²) >= 11 is 0. The number of carbonyl (C=O) groups is 2. The van der Waals surface area contributed by atoms with Gasteiger partial charge >= 0.3 is 6.03 Å². The lowest BCUT2D eigenvalue weighted by Crippen LogP contribution is -2.36. The first-order valence-electron chi connectivity index (χ1n) is 8.30. The fourth-order valence-corrected chi connectivity index (χ4v) is 2.28. The summed E-state index contributed by atoms with van der Waals surface area (Å²) in [4.78, 5) is 26.1. The maximum atomic E-state index is 12.0. The lowest BCUT2D eigenvalue weighted by Gasteiger charge is -2.18. The molecule has 0 aromatic heterocycles. The summed E-state index contributed by atoms with van der Waals surface area (Å²) < 4.78 is 0. The summed E-state index contributed by atoms with van der Waals surface area (Å²) in [5, 5.41) is 8.53. The molecule has 0 aliphatic heterocycles. The van der Waals surface area contributed by atoms with Gasteiger partial charge in [-0.25, -0.2) is 4.79 Å². The van der Waals surface area contributed by atoms with E-state index in [2.05, 4.69) is 34.7 Å². The lowest BCUT2D eigenvalue weighted by atomic mass is 10.2. The van der Waals surface area contributed by atoms with E-state index in [9.17, 15) is 9.59 Å². The van der Waals surface area contributed by atoms with Crippen LogP contribution in [0.2, 0.25) is 0 Å². The average molecular weight is 318 g/mol. The van der Waals surface area contributed by atoms with Gasteiger partial charge in [0.05, 0.1) is 0 Å². The summed E-state index contributed by atoms with van der Waals surface area (Å²) in [6, 6.07) is 7.06. The molecule has 0 spiro atoms. The number of likely N-dealkylation sites (N-methyl/N-ethyl adjacent to an activating group) is 1. The SMILES string of the molecule is CCN(CC)CCNC(=O)Nc1cccc(C(=O)NC2CC2)c1. The summed E-state index contributed by atoms with van der Waals surface area (Å²) in [5.74, 6) is -0.0851. The van der Waals surface area contributed by atoms with Crippen molar-refractivity contribution >= 4 is 17.6 Å². The number of benzene rings is 1. The largest absolute Gasteiger partial charge is 0.349 e. The molecule has 6 nitrogen and oxygen atoms in total. The summed E-state index contributed by atoms with van der Waals surface area (Å²) in [6.45, 7) is 7.55. The molecule has 1 fully saturated rings. The summed E-state index contributed by atoms with van der Waals surface area (Å²) in [5.41, 5.74) is 1.19. The van der Waals surface area contributed by atoms with E-state index in [-0.39, 0.29) is 11.9 Å². The minimum absolute atomic E-state index is 0.0851. The maximum Gasteiger partial charge on any atom is 0.319 e. The highest BCUT2D eigenvalue weighted by molar-refractivity contribution is 5.97. The Morgan fingerprint density at radius 1 is 1.22 bits per heavy atom. The molecular weight excluding hydrogens is 292 g/mol. The molecule has 3 N–H and O–H groups in total. The first kappa shape index (κ1) is 17.3. The van der Waals surface area contributed by atoms with Gasteiger partial charge in [-0.3, -0.25) is 4.79 Å². The van der Waals surface area contributed by atoms with Crippen molar-refractivity contribution < 1.29 is 9.59 Å². The zero-order chi connectivity index (χ0) is 16.7. The molecule has 2 rings (SSSR count). The van der Waals surface area contributed by atoms with Crippen molar-refractivity contribution in [3.8, 4) is 0 Å². The number of amides is 3. The van der Waals surface area contributed by atoms with Gasteiger partial charge in [-0.1, -0.05) is 19.9 Å². The number of anilines is 1. The normalized spacial score (nSPS) is 13.7. The maximum absolute atomic E-state index is 12.0. The number of hydrogen-bond donors (Lipinski definition) is 3. The first-order chi connectivity index (χ1) is 11.1. The fraction of sp³-hybridized carbons (Fsp3) is 0.529. The van der Waals surface area contributed by atoms with Crippen molar-refractivity contribution in [2.45, 2.75) is 32.7 Å². The third-order valence-electron chi connectivity index (χ3n) is 3.90. The van der Waals surface area contributed by atoms with Gasteiger partial charge in [-0.2, -0.15) is 0 Å². The van der Waals surface area contributed by atoms with E-state index in [1.54, 1.807) is 24.3 Å². The number of hydrogen-bond acceptors (Lipinski definition) is 3. The third kappa shape index (κ3) is 5.90. The van der Waals surface area contributed by atoms with Gasteiger partial charge in [0.2, 0.25) is 0 Å². The second-order valence-electron chi connectivity index (χ2n) is 5.74. The molecule has 1 aromatic carbocycles. The van der Waals surface area contributed by atoms with Gasteiger partial charge in [0.15, 0.2) is 0 Å². The second kappa shape index (κ2) is 8.53. The van der Waals surface area contributed by atoms with Gasteiger partial charge < -0.3 is 20.9 Å². The van der Waals surface area contributed by atoms with Crippen LogP contribution in [0.5, 0.6) is 0 Å². The van der Waals surface area contributed by atoms with Crippen LogP contribution in [0.1, 0.15) is 37.0 Å². The monoisotopic (exact) mass is 318 g/mol. The third-order valence-corrected chi connectivity index (χ3v) is 3.90. The minimum Gasteiger partial charge on any atom is -0.349 e. The van der Waals surface area contributed by atoms with Crippen molar-refractivity contribution in [3.63, 3.8) is 0 Å². The molecule has 0 atom stereocenters.